The van der Waals surface area contributed by atoms with Gasteiger partial charge >= 0.3 is 0 Å². The first-order valence-corrected chi connectivity index (χ1v) is 4.98. The van der Waals surface area contributed by atoms with Crippen molar-refractivity contribution in [1.82, 2.24) is 0 Å². The highest BCUT2D eigenvalue weighted by atomic mass is 16.4. The molecule has 0 unspecified atom stereocenters. The van der Waals surface area contributed by atoms with E-state index < -0.39 is 0 Å². The molecule has 14 heavy (non-hydrogen) atoms. The summed E-state index contributed by atoms with van der Waals surface area (Å²) in [5.74, 6) is 0.593. The first-order chi connectivity index (χ1) is 6.69. The number of nitrogens with zero attached hydrogens (tertiary/aromatic N) is 1. The standard InChI is InChI=1S/C12H17NO/c1-4-9(2)11-5-7-12(8-6-11)10(3)13-14/h5-9,14H,4H2,1-3H3/b13-10-/t9-/m1/s1. The maximum absolute atomic E-state index is 8.60. The predicted octanol–water partition coefficient (Wildman–Crippen LogP) is 3.40. The molecule has 1 N–H and O–H groups in total. The molecule has 0 aliphatic heterocycles. The van der Waals surface area contributed by atoms with E-state index in [1.807, 2.05) is 12.1 Å². The molecule has 2 nitrogen and oxygen atoms in total. The Kier molecular flexibility index (Phi) is 3.69. The normalized spacial score (nSPS) is 14.1. The second kappa shape index (κ2) is 4.80. The molecule has 0 fully saturated rings. The average Bonchev–Trinajstić information content (AvgIpc) is 2.27. The lowest BCUT2D eigenvalue weighted by atomic mass is 9.97. The fourth-order valence-corrected chi connectivity index (χ4v) is 1.35. The molecule has 0 amide bonds. The second-order valence-corrected chi connectivity index (χ2v) is 3.62. The van der Waals surface area contributed by atoms with Crippen LogP contribution in [-0.4, -0.2) is 10.9 Å². The molecule has 1 rings (SSSR count). The Morgan fingerprint density at radius 2 is 1.93 bits per heavy atom. The summed E-state index contributed by atoms with van der Waals surface area (Å²) in [6.45, 7) is 6.18. The van der Waals surface area contributed by atoms with Crippen LogP contribution in [0.4, 0.5) is 0 Å². The zero-order chi connectivity index (χ0) is 10.6. The van der Waals surface area contributed by atoms with Crippen LogP contribution in [0.2, 0.25) is 0 Å². The van der Waals surface area contributed by atoms with Gasteiger partial charge in [0.25, 0.3) is 0 Å². The van der Waals surface area contributed by atoms with Crippen LogP contribution >= 0.6 is 0 Å². The van der Waals surface area contributed by atoms with Gasteiger partial charge in [-0.2, -0.15) is 0 Å². The minimum absolute atomic E-state index is 0.593. The molecule has 0 aromatic heterocycles. The van der Waals surface area contributed by atoms with Gasteiger partial charge < -0.3 is 5.21 Å². The van der Waals surface area contributed by atoms with Crippen LogP contribution in [0.25, 0.3) is 0 Å². The average molecular weight is 191 g/mol. The SMILES string of the molecule is CC[C@@H](C)c1ccc(/C(C)=N\O)cc1. The molecule has 1 atom stereocenters. The van der Waals surface area contributed by atoms with Crippen molar-refractivity contribution in [3.8, 4) is 0 Å². The van der Waals surface area contributed by atoms with Crippen LogP contribution in [0.5, 0.6) is 0 Å². The Morgan fingerprint density at radius 3 is 2.36 bits per heavy atom. The number of benzene rings is 1. The van der Waals surface area contributed by atoms with Gasteiger partial charge in [0, 0.05) is 0 Å². The summed E-state index contributed by atoms with van der Waals surface area (Å²) < 4.78 is 0. The van der Waals surface area contributed by atoms with Crippen molar-refractivity contribution < 1.29 is 5.21 Å². The van der Waals surface area contributed by atoms with Gasteiger partial charge in [0.1, 0.15) is 0 Å². The molecular formula is C12H17NO. The van der Waals surface area contributed by atoms with Gasteiger partial charge in [0.15, 0.2) is 0 Å². The smallest absolute Gasteiger partial charge is 0.0836 e. The third-order valence-electron chi connectivity index (χ3n) is 2.66. The largest absolute Gasteiger partial charge is 0.411 e. The van der Waals surface area contributed by atoms with Gasteiger partial charge in [0.05, 0.1) is 5.71 Å². The molecule has 0 saturated carbocycles. The lowest BCUT2D eigenvalue weighted by Crippen LogP contribution is -1.96. The van der Waals surface area contributed by atoms with Crippen LogP contribution in [0, 0.1) is 0 Å². The fourth-order valence-electron chi connectivity index (χ4n) is 1.35. The Hall–Kier alpha value is -1.31. The molecule has 0 spiro atoms. The van der Waals surface area contributed by atoms with Gasteiger partial charge in [-0.15, -0.1) is 0 Å². The minimum Gasteiger partial charge on any atom is -0.411 e. The summed E-state index contributed by atoms with van der Waals surface area (Å²) in [5, 5.41) is 11.8. The van der Waals surface area contributed by atoms with Crippen molar-refractivity contribution in [1.29, 1.82) is 0 Å². The molecule has 0 heterocycles. The number of hydrogen-bond donors (Lipinski definition) is 1. The molecule has 2 heteroatoms. The van der Waals surface area contributed by atoms with E-state index in [-0.39, 0.29) is 0 Å². The van der Waals surface area contributed by atoms with Gasteiger partial charge in [-0.1, -0.05) is 43.3 Å². The van der Waals surface area contributed by atoms with Crippen molar-refractivity contribution in [2.24, 2.45) is 5.16 Å². The zero-order valence-corrected chi connectivity index (χ0v) is 8.99. The minimum atomic E-state index is 0.593. The summed E-state index contributed by atoms with van der Waals surface area (Å²) in [6.07, 6.45) is 1.15. The molecule has 0 radical (unpaired) electrons. The van der Waals surface area contributed by atoms with Gasteiger partial charge in [-0.05, 0) is 30.4 Å². The Morgan fingerprint density at radius 1 is 1.36 bits per heavy atom. The van der Waals surface area contributed by atoms with Gasteiger partial charge in [0.2, 0.25) is 0 Å². The molecule has 0 saturated heterocycles. The lowest BCUT2D eigenvalue weighted by molar-refractivity contribution is 0.319. The fraction of sp³-hybridized carbons (Fsp3) is 0.417. The van der Waals surface area contributed by atoms with Crippen LogP contribution in [-0.2, 0) is 0 Å². The van der Waals surface area contributed by atoms with Crippen molar-refractivity contribution in [2.45, 2.75) is 33.1 Å². The van der Waals surface area contributed by atoms with Crippen molar-refractivity contribution in [3.63, 3.8) is 0 Å². The first-order valence-electron chi connectivity index (χ1n) is 4.98. The highest BCUT2D eigenvalue weighted by Gasteiger charge is 2.03. The summed E-state index contributed by atoms with van der Waals surface area (Å²) >= 11 is 0. The van der Waals surface area contributed by atoms with Gasteiger partial charge in [-0.25, -0.2) is 0 Å². The Balaban J connectivity index is 2.89. The van der Waals surface area contributed by atoms with E-state index in [4.69, 9.17) is 5.21 Å². The summed E-state index contributed by atoms with van der Waals surface area (Å²) in [5.41, 5.74) is 2.96. The third-order valence-corrected chi connectivity index (χ3v) is 2.66. The Bertz CT molecular complexity index is 314. The molecule has 0 bridgehead atoms. The second-order valence-electron chi connectivity index (χ2n) is 3.62. The third kappa shape index (κ3) is 2.34. The van der Waals surface area contributed by atoms with E-state index in [0.29, 0.717) is 11.6 Å². The maximum Gasteiger partial charge on any atom is 0.0836 e. The Labute approximate surface area is 85.3 Å². The number of oxime groups is 1. The predicted molar refractivity (Wildman–Crippen MR) is 59.1 cm³/mol. The maximum atomic E-state index is 8.60. The molecule has 0 aliphatic carbocycles. The topological polar surface area (TPSA) is 32.6 Å². The van der Waals surface area contributed by atoms with E-state index >= 15 is 0 Å². The molecule has 1 aromatic carbocycles. The van der Waals surface area contributed by atoms with Crippen molar-refractivity contribution in [2.75, 3.05) is 0 Å². The monoisotopic (exact) mass is 191 g/mol. The summed E-state index contributed by atoms with van der Waals surface area (Å²) in [7, 11) is 0. The van der Waals surface area contributed by atoms with Crippen molar-refractivity contribution >= 4 is 5.71 Å². The van der Waals surface area contributed by atoms with E-state index in [0.717, 1.165) is 12.0 Å². The first kappa shape index (κ1) is 10.8. The van der Waals surface area contributed by atoms with Crippen molar-refractivity contribution in [3.05, 3.63) is 35.4 Å². The van der Waals surface area contributed by atoms with E-state index in [9.17, 15) is 0 Å². The van der Waals surface area contributed by atoms with Gasteiger partial charge in [-0.3, -0.25) is 0 Å². The van der Waals surface area contributed by atoms with E-state index in [2.05, 4.69) is 31.1 Å². The van der Waals surface area contributed by atoms with E-state index in [1.165, 1.54) is 5.56 Å². The van der Waals surface area contributed by atoms with Crippen LogP contribution in [0.3, 0.4) is 0 Å². The summed E-state index contributed by atoms with van der Waals surface area (Å²) in [6, 6.07) is 8.18. The van der Waals surface area contributed by atoms with Crippen LogP contribution in [0.15, 0.2) is 29.4 Å². The molecule has 1 aromatic rings. The lowest BCUT2D eigenvalue weighted by Gasteiger charge is -2.09. The molecular weight excluding hydrogens is 174 g/mol. The summed E-state index contributed by atoms with van der Waals surface area (Å²) in [4.78, 5) is 0. The van der Waals surface area contributed by atoms with Crippen LogP contribution < -0.4 is 0 Å². The number of rotatable bonds is 3. The quantitative estimate of drug-likeness (QED) is 0.443. The van der Waals surface area contributed by atoms with E-state index in [1.54, 1.807) is 6.92 Å². The van der Waals surface area contributed by atoms with Crippen LogP contribution in [0.1, 0.15) is 44.2 Å². The molecule has 76 valence electrons. The highest BCUT2D eigenvalue weighted by Crippen LogP contribution is 2.18. The number of hydrogen-bond acceptors (Lipinski definition) is 2. The highest BCUT2D eigenvalue weighted by molar-refractivity contribution is 5.98. The zero-order valence-electron chi connectivity index (χ0n) is 8.99. The molecule has 0 aliphatic rings.